The Kier molecular flexibility index (Phi) is 7.78. The number of hydrogen-bond acceptors (Lipinski definition) is 6. The van der Waals surface area contributed by atoms with Crippen molar-refractivity contribution in [3.05, 3.63) is 0 Å². The molecule has 2 amide bonds. The highest BCUT2D eigenvalue weighted by molar-refractivity contribution is 6.03. The highest BCUT2D eigenvalue weighted by Gasteiger charge is 2.27. The summed E-state index contributed by atoms with van der Waals surface area (Å²) in [5, 5.41) is 12.4. The maximum atomic E-state index is 11.5. The number of carbonyl (C=O) groups excluding carboxylic acids is 3. The number of rotatable bonds is 8. The minimum Gasteiger partial charge on any atom is -0.469 e. The zero-order chi connectivity index (χ0) is 15.9. The van der Waals surface area contributed by atoms with Crippen LogP contribution in [0.25, 0.3) is 0 Å². The van der Waals surface area contributed by atoms with Crippen molar-refractivity contribution in [1.82, 2.24) is 5.32 Å². The molecule has 0 aromatic carbocycles. The molecule has 0 rings (SSSR count). The molecule has 6 N–H and O–H groups in total. The zero-order valence-corrected chi connectivity index (χ0v) is 12.0. The lowest BCUT2D eigenvalue weighted by Crippen LogP contribution is -2.51. The summed E-state index contributed by atoms with van der Waals surface area (Å²) in [6.45, 7) is 3.56. The van der Waals surface area contributed by atoms with E-state index < -0.39 is 35.8 Å². The number of hydrogen-bond donors (Lipinski definition) is 4. The van der Waals surface area contributed by atoms with Crippen molar-refractivity contribution in [1.29, 1.82) is 0 Å². The van der Waals surface area contributed by atoms with Gasteiger partial charge in [0.05, 0.1) is 19.6 Å². The van der Waals surface area contributed by atoms with Crippen molar-refractivity contribution in [2.45, 2.75) is 32.4 Å². The second-order valence-electron chi connectivity index (χ2n) is 4.90. The number of aliphatic hydroxyl groups excluding tert-OH is 1. The van der Waals surface area contributed by atoms with Gasteiger partial charge in [0.1, 0.15) is 0 Å². The van der Waals surface area contributed by atoms with Crippen LogP contribution in [-0.2, 0) is 19.1 Å². The molecule has 0 spiro atoms. The third-order valence-corrected chi connectivity index (χ3v) is 2.95. The van der Waals surface area contributed by atoms with Crippen LogP contribution < -0.4 is 16.8 Å². The molecule has 116 valence electrons. The fourth-order valence-corrected chi connectivity index (χ4v) is 1.63. The number of ether oxygens (including phenoxy) is 1. The first-order chi connectivity index (χ1) is 9.20. The standard InChI is InChI=1S/C12H23N3O5/c1-6(2)10(17)7(4-8(16)20-3)5-15-12(19)9(13)11(14)18/h6-7,9-10,17H,4-5,13H2,1-3H3,(H2,14,18)(H,15,19). The van der Waals surface area contributed by atoms with Crippen LogP contribution in [0.2, 0.25) is 0 Å². The Bertz CT molecular complexity index is 359. The average Bonchev–Trinajstić information content (AvgIpc) is 2.40. The number of nitrogens with two attached hydrogens (primary N) is 2. The van der Waals surface area contributed by atoms with Gasteiger partial charge in [-0.15, -0.1) is 0 Å². The number of primary amides is 1. The molecule has 3 atom stereocenters. The van der Waals surface area contributed by atoms with Crippen LogP contribution in [0.4, 0.5) is 0 Å². The number of methoxy groups -OCH3 is 1. The lowest BCUT2D eigenvalue weighted by molar-refractivity contribution is -0.143. The molecular weight excluding hydrogens is 266 g/mol. The first kappa shape index (κ1) is 18.3. The van der Waals surface area contributed by atoms with E-state index in [9.17, 15) is 19.5 Å². The second-order valence-corrected chi connectivity index (χ2v) is 4.90. The van der Waals surface area contributed by atoms with Crippen molar-refractivity contribution in [2.24, 2.45) is 23.3 Å². The Morgan fingerprint density at radius 3 is 2.25 bits per heavy atom. The van der Waals surface area contributed by atoms with Gasteiger partial charge in [-0.2, -0.15) is 0 Å². The summed E-state index contributed by atoms with van der Waals surface area (Å²) in [6, 6.07) is -1.45. The molecule has 0 fully saturated rings. The van der Waals surface area contributed by atoms with E-state index in [4.69, 9.17) is 11.5 Å². The van der Waals surface area contributed by atoms with E-state index in [-0.39, 0.29) is 18.9 Å². The average molecular weight is 289 g/mol. The maximum absolute atomic E-state index is 11.5. The molecule has 3 unspecified atom stereocenters. The Labute approximate surface area is 117 Å². The van der Waals surface area contributed by atoms with E-state index >= 15 is 0 Å². The topological polar surface area (TPSA) is 145 Å². The van der Waals surface area contributed by atoms with Crippen LogP contribution in [0.15, 0.2) is 0 Å². The molecule has 0 aliphatic rings. The van der Waals surface area contributed by atoms with E-state index in [0.29, 0.717) is 0 Å². The quantitative estimate of drug-likeness (QED) is 0.304. The van der Waals surface area contributed by atoms with Gasteiger partial charge >= 0.3 is 5.97 Å². The molecule has 0 saturated carbocycles. The lowest BCUT2D eigenvalue weighted by Gasteiger charge is -2.25. The third kappa shape index (κ3) is 5.98. The Balaban J connectivity index is 4.61. The van der Waals surface area contributed by atoms with Crippen LogP contribution in [0, 0.1) is 11.8 Å². The molecule has 0 saturated heterocycles. The Morgan fingerprint density at radius 1 is 1.30 bits per heavy atom. The van der Waals surface area contributed by atoms with Crippen LogP contribution in [0.5, 0.6) is 0 Å². The Hall–Kier alpha value is -1.67. The van der Waals surface area contributed by atoms with Gasteiger partial charge in [0.2, 0.25) is 11.8 Å². The van der Waals surface area contributed by atoms with Gasteiger partial charge < -0.3 is 26.6 Å². The molecule has 8 heteroatoms. The van der Waals surface area contributed by atoms with Crippen molar-refractivity contribution >= 4 is 17.8 Å². The van der Waals surface area contributed by atoms with Gasteiger partial charge in [0.25, 0.3) is 0 Å². The first-order valence-corrected chi connectivity index (χ1v) is 6.28. The minimum absolute atomic E-state index is 0.00569. The number of esters is 1. The summed E-state index contributed by atoms with van der Waals surface area (Å²) < 4.78 is 4.54. The van der Waals surface area contributed by atoms with Crippen LogP contribution in [0.3, 0.4) is 0 Å². The van der Waals surface area contributed by atoms with Crippen molar-refractivity contribution < 1.29 is 24.2 Å². The molecule has 0 aromatic rings. The van der Waals surface area contributed by atoms with Crippen molar-refractivity contribution in [3.8, 4) is 0 Å². The predicted molar refractivity (Wildman–Crippen MR) is 71.1 cm³/mol. The second kappa shape index (κ2) is 8.49. The fourth-order valence-electron chi connectivity index (χ4n) is 1.63. The molecule has 0 radical (unpaired) electrons. The summed E-state index contributed by atoms with van der Waals surface area (Å²) in [7, 11) is 1.24. The summed E-state index contributed by atoms with van der Waals surface area (Å²) in [5.41, 5.74) is 10.2. The summed E-state index contributed by atoms with van der Waals surface area (Å²) in [5.74, 6) is -2.83. The van der Waals surface area contributed by atoms with E-state index in [1.165, 1.54) is 7.11 Å². The molecule has 20 heavy (non-hydrogen) atoms. The highest BCUT2D eigenvalue weighted by atomic mass is 16.5. The highest BCUT2D eigenvalue weighted by Crippen LogP contribution is 2.16. The van der Waals surface area contributed by atoms with Gasteiger partial charge in [-0.1, -0.05) is 13.8 Å². The van der Waals surface area contributed by atoms with Crippen molar-refractivity contribution in [2.75, 3.05) is 13.7 Å². The van der Waals surface area contributed by atoms with Gasteiger partial charge in [-0.05, 0) is 5.92 Å². The fraction of sp³-hybridized carbons (Fsp3) is 0.750. The number of amides is 2. The van der Waals surface area contributed by atoms with E-state index in [1.807, 2.05) is 0 Å². The number of nitrogens with one attached hydrogen (secondary N) is 1. The van der Waals surface area contributed by atoms with Crippen LogP contribution >= 0.6 is 0 Å². The third-order valence-electron chi connectivity index (χ3n) is 2.95. The molecule has 0 bridgehead atoms. The smallest absolute Gasteiger partial charge is 0.305 e. The zero-order valence-electron chi connectivity index (χ0n) is 12.0. The molecule has 0 aliphatic heterocycles. The number of aliphatic hydroxyl groups is 1. The SMILES string of the molecule is COC(=O)CC(CNC(=O)C(N)C(N)=O)C(O)C(C)C. The predicted octanol–water partition coefficient (Wildman–Crippen LogP) is -1.89. The van der Waals surface area contributed by atoms with E-state index in [1.54, 1.807) is 13.8 Å². The number of carbonyl (C=O) groups is 3. The van der Waals surface area contributed by atoms with E-state index in [2.05, 4.69) is 10.1 Å². The molecule has 0 aromatic heterocycles. The largest absolute Gasteiger partial charge is 0.469 e. The van der Waals surface area contributed by atoms with Crippen LogP contribution in [0.1, 0.15) is 20.3 Å². The summed E-state index contributed by atoms with van der Waals surface area (Å²) in [4.78, 5) is 33.6. The first-order valence-electron chi connectivity index (χ1n) is 6.28. The van der Waals surface area contributed by atoms with Crippen molar-refractivity contribution in [3.63, 3.8) is 0 Å². The van der Waals surface area contributed by atoms with Gasteiger partial charge in [-0.25, -0.2) is 0 Å². The molecular formula is C12H23N3O5. The van der Waals surface area contributed by atoms with E-state index in [0.717, 1.165) is 0 Å². The van der Waals surface area contributed by atoms with Gasteiger partial charge in [0, 0.05) is 12.5 Å². The maximum Gasteiger partial charge on any atom is 0.305 e. The molecule has 8 nitrogen and oxygen atoms in total. The minimum atomic E-state index is -1.45. The molecule has 0 heterocycles. The lowest BCUT2D eigenvalue weighted by atomic mass is 9.90. The molecule has 0 aliphatic carbocycles. The van der Waals surface area contributed by atoms with Gasteiger partial charge in [0.15, 0.2) is 6.04 Å². The van der Waals surface area contributed by atoms with Crippen LogP contribution in [-0.4, -0.2) is 48.7 Å². The van der Waals surface area contributed by atoms with Gasteiger partial charge in [-0.3, -0.25) is 14.4 Å². The summed E-state index contributed by atoms with van der Waals surface area (Å²) >= 11 is 0. The Morgan fingerprint density at radius 2 is 1.85 bits per heavy atom. The normalized spacial score (nSPS) is 15.3. The monoisotopic (exact) mass is 289 g/mol. The summed E-state index contributed by atoms with van der Waals surface area (Å²) in [6.07, 6.45) is -0.860.